The van der Waals surface area contributed by atoms with Gasteiger partial charge in [0, 0.05) is 15.6 Å². The first-order chi connectivity index (χ1) is 14.3. The lowest BCUT2D eigenvalue weighted by Gasteiger charge is -2.26. The fourth-order valence-electron chi connectivity index (χ4n) is 2.89. The molecule has 0 aliphatic carbocycles. The molecule has 9 heteroatoms. The van der Waals surface area contributed by atoms with Crippen LogP contribution in [0.5, 0.6) is 0 Å². The third kappa shape index (κ3) is 3.85. The van der Waals surface area contributed by atoms with E-state index in [1.807, 2.05) is 0 Å². The lowest BCUT2D eigenvalue weighted by molar-refractivity contribution is -0.122. The zero-order valence-corrected chi connectivity index (χ0v) is 17.3. The molecule has 1 aromatic heterocycles. The first-order valence-electron chi connectivity index (χ1n) is 8.56. The van der Waals surface area contributed by atoms with E-state index in [-0.39, 0.29) is 17.0 Å². The molecule has 1 N–H and O–H groups in total. The van der Waals surface area contributed by atoms with Crippen LogP contribution in [0.4, 0.5) is 10.5 Å². The molecule has 0 saturated carbocycles. The van der Waals surface area contributed by atoms with Crippen LogP contribution in [0.2, 0.25) is 15.1 Å². The van der Waals surface area contributed by atoms with Gasteiger partial charge in [-0.3, -0.25) is 14.9 Å². The Labute approximate surface area is 185 Å². The Balaban J connectivity index is 1.68. The second-order valence-corrected chi connectivity index (χ2v) is 7.54. The number of imide groups is 2. The predicted molar refractivity (Wildman–Crippen MR) is 115 cm³/mol. The Morgan fingerprint density at radius 3 is 2.27 bits per heavy atom. The first-order valence-corrected chi connectivity index (χ1v) is 9.69. The van der Waals surface area contributed by atoms with Crippen molar-refractivity contribution in [2.75, 3.05) is 4.90 Å². The minimum Gasteiger partial charge on any atom is -0.457 e. The summed E-state index contributed by atoms with van der Waals surface area (Å²) < 4.78 is 5.72. The minimum absolute atomic E-state index is 0.236. The van der Waals surface area contributed by atoms with Gasteiger partial charge in [-0.1, -0.05) is 34.8 Å². The van der Waals surface area contributed by atoms with E-state index in [1.54, 1.807) is 30.3 Å². The average molecular weight is 462 g/mol. The molecule has 4 amide bonds. The number of furan rings is 1. The van der Waals surface area contributed by atoms with Gasteiger partial charge < -0.3 is 4.42 Å². The number of hydrogen-bond acceptors (Lipinski definition) is 4. The number of hydrogen-bond donors (Lipinski definition) is 1. The van der Waals surface area contributed by atoms with Crippen molar-refractivity contribution in [3.8, 4) is 11.3 Å². The number of nitrogens with zero attached hydrogens (tertiary/aromatic N) is 1. The van der Waals surface area contributed by atoms with Crippen molar-refractivity contribution in [2.24, 2.45) is 0 Å². The number of carbonyl (C=O) groups excluding carboxylic acids is 3. The van der Waals surface area contributed by atoms with Gasteiger partial charge in [-0.25, -0.2) is 9.69 Å². The molecular weight excluding hydrogens is 451 g/mol. The summed E-state index contributed by atoms with van der Waals surface area (Å²) in [5.74, 6) is -0.941. The maximum Gasteiger partial charge on any atom is 0.335 e. The van der Waals surface area contributed by atoms with Crippen LogP contribution < -0.4 is 10.2 Å². The van der Waals surface area contributed by atoms with Gasteiger partial charge >= 0.3 is 6.03 Å². The van der Waals surface area contributed by atoms with Gasteiger partial charge in [-0.15, -0.1) is 0 Å². The molecule has 30 heavy (non-hydrogen) atoms. The minimum atomic E-state index is -0.849. The van der Waals surface area contributed by atoms with Crippen molar-refractivity contribution in [3.63, 3.8) is 0 Å². The van der Waals surface area contributed by atoms with Crippen LogP contribution in [0.15, 0.2) is 64.6 Å². The van der Waals surface area contributed by atoms with Gasteiger partial charge in [0.05, 0.1) is 10.7 Å². The first kappa shape index (κ1) is 20.2. The van der Waals surface area contributed by atoms with E-state index >= 15 is 0 Å². The maximum atomic E-state index is 12.9. The zero-order valence-electron chi connectivity index (χ0n) is 15.0. The Hall–Kier alpha value is -3.06. The molecule has 4 rings (SSSR count). The summed E-state index contributed by atoms with van der Waals surface area (Å²) in [7, 11) is 0. The van der Waals surface area contributed by atoms with E-state index in [9.17, 15) is 14.4 Å². The van der Waals surface area contributed by atoms with Crippen LogP contribution in [-0.2, 0) is 9.59 Å². The highest BCUT2D eigenvalue weighted by molar-refractivity contribution is 6.39. The zero-order chi connectivity index (χ0) is 21.4. The predicted octanol–water partition coefficient (Wildman–Crippen LogP) is 5.57. The second-order valence-electron chi connectivity index (χ2n) is 6.26. The lowest BCUT2D eigenvalue weighted by Crippen LogP contribution is -2.54. The Kier molecular flexibility index (Phi) is 5.39. The van der Waals surface area contributed by atoms with Crippen LogP contribution >= 0.6 is 34.8 Å². The van der Waals surface area contributed by atoms with E-state index in [1.165, 1.54) is 30.3 Å². The smallest absolute Gasteiger partial charge is 0.335 e. The third-order valence-electron chi connectivity index (χ3n) is 4.30. The van der Waals surface area contributed by atoms with Gasteiger partial charge in [0.2, 0.25) is 0 Å². The van der Waals surface area contributed by atoms with E-state index in [2.05, 4.69) is 5.32 Å². The van der Waals surface area contributed by atoms with Gasteiger partial charge in [0.15, 0.2) is 0 Å². The van der Waals surface area contributed by atoms with Gasteiger partial charge in [-0.05, 0) is 60.7 Å². The number of rotatable bonds is 3. The molecule has 1 aliphatic heterocycles. The van der Waals surface area contributed by atoms with E-state index in [4.69, 9.17) is 39.2 Å². The summed E-state index contributed by atoms with van der Waals surface area (Å²) in [6, 6.07) is 13.4. The van der Waals surface area contributed by atoms with Crippen molar-refractivity contribution in [3.05, 3.63) is 81.0 Å². The largest absolute Gasteiger partial charge is 0.457 e. The number of benzene rings is 2. The highest BCUT2D eigenvalue weighted by atomic mass is 35.5. The molecule has 0 atom stereocenters. The number of urea groups is 1. The van der Waals surface area contributed by atoms with Crippen LogP contribution in [0.3, 0.4) is 0 Å². The number of barbiturate groups is 1. The molecule has 150 valence electrons. The van der Waals surface area contributed by atoms with Crippen LogP contribution in [0.25, 0.3) is 17.4 Å². The maximum absolute atomic E-state index is 12.9. The normalized spacial score (nSPS) is 15.6. The molecule has 1 fully saturated rings. The number of nitrogens with one attached hydrogen (secondary N) is 1. The van der Waals surface area contributed by atoms with Gasteiger partial charge in [0.25, 0.3) is 11.8 Å². The van der Waals surface area contributed by atoms with Crippen molar-refractivity contribution in [2.45, 2.75) is 0 Å². The molecule has 0 bridgehead atoms. The number of amides is 4. The Morgan fingerprint density at radius 2 is 1.57 bits per heavy atom. The molecule has 0 spiro atoms. The van der Waals surface area contributed by atoms with Crippen LogP contribution in [-0.4, -0.2) is 17.8 Å². The monoisotopic (exact) mass is 460 g/mol. The van der Waals surface area contributed by atoms with E-state index in [0.717, 1.165) is 4.90 Å². The molecule has 1 saturated heterocycles. The van der Waals surface area contributed by atoms with E-state index < -0.39 is 17.8 Å². The quantitative estimate of drug-likeness (QED) is 0.408. The Bertz CT molecular complexity index is 1220. The number of anilines is 1. The molecule has 2 heterocycles. The molecule has 1 aliphatic rings. The molecule has 0 unspecified atom stereocenters. The molecular formula is C21H11Cl3N2O4. The molecule has 3 aromatic rings. The summed E-state index contributed by atoms with van der Waals surface area (Å²) in [4.78, 5) is 38.2. The summed E-state index contributed by atoms with van der Waals surface area (Å²) in [6.07, 6.45) is 1.26. The molecule has 0 radical (unpaired) electrons. The van der Waals surface area contributed by atoms with Crippen LogP contribution in [0.1, 0.15) is 5.76 Å². The van der Waals surface area contributed by atoms with Crippen LogP contribution in [0, 0.1) is 0 Å². The number of carbonyl (C=O) groups is 3. The topological polar surface area (TPSA) is 79.6 Å². The van der Waals surface area contributed by atoms with Crippen molar-refractivity contribution >= 4 is 64.4 Å². The number of halogens is 3. The fraction of sp³-hybridized carbons (Fsp3) is 0. The van der Waals surface area contributed by atoms with Crippen molar-refractivity contribution < 1.29 is 18.8 Å². The fourth-order valence-corrected chi connectivity index (χ4v) is 3.52. The molecule has 6 nitrogen and oxygen atoms in total. The summed E-state index contributed by atoms with van der Waals surface area (Å²) in [5.41, 5.74) is 0.615. The van der Waals surface area contributed by atoms with Crippen molar-refractivity contribution in [1.29, 1.82) is 0 Å². The summed E-state index contributed by atoms with van der Waals surface area (Å²) in [5, 5.41) is 3.46. The highest BCUT2D eigenvalue weighted by Crippen LogP contribution is 2.32. The highest BCUT2D eigenvalue weighted by Gasteiger charge is 2.37. The van der Waals surface area contributed by atoms with E-state index in [0.29, 0.717) is 26.4 Å². The standard InChI is InChI=1S/C21H11Cl3N2O4/c22-11-1-4-13(5-2-11)26-20(28)16(19(27)25-21(26)29)10-14-6-8-18(30-14)15-7-3-12(23)9-17(15)24/h1-10H,(H,25,27,29)/b16-10-. The SMILES string of the molecule is O=C1NC(=O)N(c2ccc(Cl)cc2)C(=O)/C1=C\c1ccc(-c2ccc(Cl)cc2Cl)o1. The van der Waals surface area contributed by atoms with Gasteiger partial charge in [0.1, 0.15) is 17.1 Å². The molecule has 2 aromatic carbocycles. The Morgan fingerprint density at radius 1 is 0.867 bits per heavy atom. The van der Waals surface area contributed by atoms with Crippen molar-refractivity contribution in [1.82, 2.24) is 5.32 Å². The lowest BCUT2D eigenvalue weighted by atomic mass is 10.1. The van der Waals surface area contributed by atoms with Gasteiger partial charge in [-0.2, -0.15) is 0 Å². The third-order valence-corrected chi connectivity index (χ3v) is 5.10. The summed E-state index contributed by atoms with van der Waals surface area (Å²) in [6.45, 7) is 0. The second kappa shape index (κ2) is 7.99. The average Bonchev–Trinajstić information content (AvgIpc) is 3.15. The summed E-state index contributed by atoms with van der Waals surface area (Å²) >= 11 is 18.0.